The molecule has 1 fully saturated rings. The molecule has 0 atom stereocenters. The molecule has 192 valence electrons. The zero-order valence-electron chi connectivity index (χ0n) is 21.6. The van der Waals surface area contributed by atoms with E-state index in [-0.39, 0.29) is 5.91 Å². The number of hydrogen-bond donors (Lipinski definition) is 3. The first-order chi connectivity index (χ1) is 18.0. The van der Waals surface area contributed by atoms with Gasteiger partial charge in [-0.2, -0.15) is 0 Å². The summed E-state index contributed by atoms with van der Waals surface area (Å²) in [4.78, 5) is 15.6. The highest BCUT2D eigenvalue weighted by molar-refractivity contribution is 6.11. The molecule has 0 bridgehead atoms. The molecule has 2 aliphatic rings. The molecule has 1 saturated carbocycles. The smallest absolute Gasteiger partial charge is 0.238 e. The topological polar surface area (TPSA) is 101 Å². The summed E-state index contributed by atoms with van der Waals surface area (Å²) in [5.41, 5.74) is 12.6. The van der Waals surface area contributed by atoms with Crippen LogP contribution in [0.15, 0.2) is 66.7 Å². The van der Waals surface area contributed by atoms with E-state index in [9.17, 15) is 4.79 Å². The van der Waals surface area contributed by atoms with Gasteiger partial charge in [-0.15, -0.1) is 0 Å². The first kappa shape index (κ1) is 25.8. The molecule has 3 aromatic carbocycles. The Morgan fingerprint density at radius 1 is 1.05 bits per heavy atom. The molecular formula is C30H34N4O3. The van der Waals surface area contributed by atoms with Gasteiger partial charge in [0.05, 0.1) is 37.6 Å². The lowest BCUT2D eigenvalue weighted by molar-refractivity contribution is -0.126. The molecule has 3 aromatic rings. The maximum absolute atomic E-state index is 13.8. The van der Waals surface area contributed by atoms with E-state index in [1.54, 1.807) is 14.2 Å². The molecule has 0 unspecified atom stereocenters. The summed E-state index contributed by atoms with van der Waals surface area (Å²) in [5, 5.41) is 8.99. The zero-order valence-corrected chi connectivity index (χ0v) is 21.6. The highest BCUT2D eigenvalue weighted by atomic mass is 16.5. The fraction of sp³-hybridized carbons (Fsp3) is 0.267. The predicted octanol–water partition coefficient (Wildman–Crippen LogP) is 5.99. The second-order valence-electron chi connectivity index (χ2n) is 9.19. The Kier molecular flexibility index (Phi) is 7.53. The van der Waals surface area contributed by atoms with E-state index in [0.717, 1.165) is 64.5 Å². The van der Waals surface area contributed by atoms with Crippen molar-refractivity contribution in [1.29, 1.82) is 5.41 Å². The Morgan fingerprint density at radius 2 is 1.65 bits per heavy atom. The molecule has 0 saturated heterocycles. The van der Waals surface area contributed by atoms with Crippen LogP contribution in [0.5, 0.6) is 11.5 Å². The second-order valence-corrected chi connectivity index (χ2v) is 9.19. The first-order valence-corrected chi connectivity index (χ1v) is 12.3. The van der Waals surface area contributed by atoms with Crippen molar-refractivity contribution >= 4 is 35.4 Å². The number of ether oxygens (including phenoxy) is 2. The summed E-state index contributed by atoms with van der Waals surface area (Å²) in [7, 11) is 3.30. The van der Waals surface area contributed by atoms with Crippen LogP contribution in [0.4, 0.5) is 17.1 Å². The van der Waals surface area contributed by atoms with E-state index in [1.165, 1.54) is 0 Å². The SMILES string of the molecule is C/C=C(\Nc1ccc(OC)cc1)c1cc(N)c2c(c1)C1(CCC1)C(=O)N2Cc1ccc(OC)cc1.C=N. The van der Waals surface area contributed by atoms with E-state index >= 15 is 0 Å². The summed E-state index contributed by atoms with van der Waals surface area (Å²) in [6.45, 7) is 4.98. The zero-order chi connectivity index (χ0) is 26.6. The number of nitrogens with one attached hydrogen (secondary N) is 2. The summed E-state index contributed by atoms with van der Waals surface area (Å²) in [6.07, 6.45) is 4.80. The van der Waals surface area contributed by atoms with Crippen LogP contribution < -0.4 is 25.4 Å². The quantitative estimate of drug-likeness (QED) is 0.274. The normalized spacial score (nSPS) is 15.4. The van der Waals surface area contributed by atoms with Crippen LogP contribution in [-0.4, -0.2) is 26.8 Å². The minimum absolute atomic E-state index is 0.156. The minimum atomic E-state index is -0.467. The third-order valence-electron chi connectivity index (χ3n) is 7.25. The number of allylic oxidation sites excluding steroid dienone is 1. The molecule has 7 heteroatoms. The fourth-order valence-corrected chi connectivity index (χ4v) is 5.17. The monoisotopic (exact) mass is 498 g/mol. The average Bonchev–Trinajstić information content (AvgIpc) is 3.17. The van der Waals surface area contributed by atoms with Crippen molar-refractivity contribution in [3.05, 3.63) is 83.4 Å². The molecular weight excluding hydrogens is 464 g/mol. The van der Waals surface area contributed by atoms with Crippen molar-refractivity contribution in [2.24, 2.45) is 0 Å². The molecule has 1 aliphatic carbocycles. The van der Waals surface area contributed by atoms with Gasteiger partial charge in [-0.1, -0.05) is 24.6 Å². The molecule has 5 rings (SSSR count). The van der Waals surface area contributed by atoms with Gasteiger partial charge in [-0.25, -0.2) is 0 Å². The molecule has 1 spiro atoms. The highest BCUT2D eigenvalue weighted by Crippen LogP contribution is 2.56. The van der Waals surface area contributed by atoms with Gasteiger partial charge in [0.1, 0.15) is 11.5 Å². The Bertz CT molecular complexity index is 1300. The average molecular weight is 499 g/mol. The largest absolute Gasteiger partial charge is 0.497 e. The van der Waals surface area contributed by atoms with Crippen LogP contribution >= 0.6 is 0 Å². The lowest BCUT2D eigenvalue weighted by atomic mass is 9.65. The van der Waals surface area contributed by atoms with Gasteiger partial charge in [0.15, 0.2) is 0 Å². The predicted molar refractivity (Wildman–Crippen MR) is 151 cm³/mol. The van der Waals surface area contributed by atoms with Gasteiger partial charge in [-0.3, -0.25) is 4.79 Å². The van der Waals surface area contributed by atoms with Crippen LogP contribution in [0.3, 0.4) is 0 Å². The number of methoxy groups -OCH3 is 2. The first-order valence-electron chi connectivity index (χ1n) is 12.3. The number of carbonyl (C=O) groups excluding carboxylic acids is 1. The lowest BCUT2D eigenvalue weighted by Crippen LogP contribution is -2.44. The molecule has 0 aromatic heterocycles. The number of nitrogen functional groups attached to an aromatic ring is 1. The highest BCUT2D eigenvalue weighted by Gasteiger charge is 2.55. The van der Waals surface area contributed by atoms with E-state index in [1.807, 2.05) is 72.5 Å². The number of nitrogens with two attached hydrogens (primary N) is 1. The van der Waals surface area contributed by atoms with E-state index in [0.29, 0.717) is 12.2 Å². The standard InChI is InChI=1S/C29H31N3O3.CH3N/c1-4-26(31-21-8-12-23(35-3)13-9-21)20-16-24-27(25(30)17-20)32(28(33)29(24)14-5-15-29)18-19-6-10-22(34-2)11-7-19;1-2/h4,6-13,16-17,31H,5,14-15,18,30H2,1-3H3;2H,1H2/b26-4-;. The van der Waals surface area contributed by atoms with Crippen molar-refractivity contribution in [2.75, 3.05) is 30.2 Å². The number of benzene rings is 3. The number of hydrogen-bond acceptors (Lipinski definition) is 6. The van der Waals surface area contributed by atoms with E-state index < -0.39 is 5.41 Å². The van der Waals surface area contributed by atoms with Crippen molar-refractivity contribution in [2.45, 2.75) is 38.1 Å². The van der Waals surface area contributed by atoms with Gasteiger partial charge in [0, 0.05) is 16.9 Å². The van der Waals surface area contributed by atoms with Gasteiger partial charge in [-0.05, 0) is 86.1 Å². The van der Waals surface area contributed by atoms with E-state index in [4.69, 9.17) is 20.6 Å². The Hall–Kier alpha value is -4.26. The molecule has 4 N–H and O–H groups in total. The summed E-state index contributed by atoms with van der Waals surface area (Å²) >= 11 is 0. The van der Waals surface area contributed by atoms with Gasteiger partial charge in [0.2, 0.25) is 5.91 Å². The molecule has 1 heterocycles. The molecule has 37 heavy (non-hydrogen) atoms. The van der Waals surface area contributed by atoms with Crippen molar-refractivity contribution in [1.82, 2.24) is 0 Å². The number of anilines is 3. The van der Waals surface area contributed by atoms with Crippen LogP contribution in [0.2, 0.25) is 0 Å². The maximum Gasteiger partial charge on any atom is 0.238 e. The molecule has 1 aliphatic heterocycles. The van der Waals surface area contributed by atoms with Gasteiger partial charge in [0.25, 0.3) is 0 Å². The fourth-order valence-electron chi connectivity index (χ4n) is 5.17. The molecule has 7 nitrogen and oxygen atoms in total. The Balaban J connectivity index is 0.00000156. The van der Waals surface area contributed by atoms with Crippen LogP contribution in [-0.2, 0) is 16.8 Å². The summed E-state index contributed by atoms with van der Waals surface area (Å²) < 4.78 is 10.5. The molecule has 0 radical (unpaired) electrons. The lowest BCUT2D eigenvalue weighted by Gasteiger charge is -2.37. The number of amides is 1. The number of carbonyl (C=O) groups is 1. The van der Waals surface area contributed by atoms with Gasteiger partial charge >= 0.3 is 0 Å². The van der Waals surface area contributed by atoms with Crippen molar-refractivity contribution < 1.29 is 14.3 Å². The maximum atomic E-state index is 13.8. The number of fused-ring (bicyclic) bond motifs is 2. The second kappa shape index (κ2) is 10.8. The third kappa shape index (κ3) is 4.65. The van der Waals surface area contributed by atoms with Crippen molar-refractivity contribution in [3.8, 4) is 11.5 Å². The van der Waals surface area contributed by atoms with Crippen LogP contribution in [0.1, 0.15) is 42.9 Å². The van der Waals surface area contributed by atoms with Crippen molar-refractivity contribution in [3.63, 3.8) is 0 Å². The summed E-state index contributed by atoms with van der Waals surface area (Å²) in [5.74, 6) is 1.76. The minimum Gasteiger partial charge on any atom is -0.497 e. The third-order valence-corrected chi connectivity index (χ3v) is 7.25. The summed E-state index contributed by atoms with van der Waals surface area (Å²) in [6, 6.07) is 19.8. The molecule has 1 amide bonds. The number of rotatable bonds is 7. The Morgan fingerprint density at radius 3 is 2.16 bits per heavy atom. The van der Waals surface area contributed by atoms with Crippen LogP contribution in [0.25, 0.3) is 5.70 Å². The van der Waals surface area contributed by atoms with E-state index in [2.05, 4.69) is 18.1 Å². The Labute approximate surface area is 218 Å². The van der Waals surface area contributed by atoms with Gasteiger partial charge < -0.3 is 30.8 Å². The van der Waals surface area contributed by atoms with Crippen LogP contribution in [0, 0.1) is 5.41 Å². The number of nitrogens with zero attached hydrogens (tertiary/aromatic N) is 1.